The normalized spacial score (nSPS) is 19.0. The number of piperazine rings is 1. The molecule has 0 spiro atoms. The minimum Gasteiger partial charge on any atom is -0.490 e. The lowest BCUT2D eigenvalue weighted by Crippen LogP contribution is -2.64. The predicted molar refractivity (Wildman–Crippen MR) is 208 cm³/mol. The summed E-state index contributed by atoms with van der Waals surface area (Å²) in [6, 6.07) is 18.9. The van der Waals surface area contributed by atoms with Gasteiger partial charge in [0.2, 0.25) is 3.79 Å². The average molecular weight is 790 g/mol. The number of amides is 2. The quantitative estimate of drug-likeness (QED) is 0.154. The van der Waals surface area contributed by atoms with Crippen molar-refractivity contribution in [3.05, 3.63) is 99.1 Å². The SMILES string of the molecule is Cc1cc(Cl)c(OCCOc2ccc(C3=C(C(=O)N(Cc4ccccc4C)C4CC4)[C@H]4CNCC(C3)N4C(=O)OC(C)(C)C(Cl)(Cl)Cl)cc2)cc1C. The van der Waals surface area contributed by atoms with Crippen LogP contribution in [0.1, 0.15) is 60.9 Å². The van der Waals surface area contributed by atoms with Crippen molar-refractivity contribution < 1.29 is 23.8 Å². The second kappa shape index (κ2) is 15.7. The number of nitrogens with one attached hydrogen (secondary N) is 1. The van der Waals surface area contributed by atoms with Crippen LogP contribution in [-0.2, 0) is 16.1 Å². The molecule has 1 unspecified atom stereocenters. The molecular formula is C40H45Cl4N3O5. The van der Waals surface area contributed by atoms with Crippen LogP contribution in [0.5, 0.6) is 11.5 Å². The molecule has 3 aliphatic rings. The lowest BCUT2D eigenvalue weighted by Gasteiger charge is -2.48. The molecule has 6 rings (SSSR count). The van der Waals surface area contributed by atoms with E-state index in [1.54, 1.807) is 18.7 Å². The molecule has 3 aromatic carbocycles. The van der Waals surface area contributed by atoms with Gasteiger partial charge in [-0.1, -0.05) is 82.8 Å². The van der Waals surface area contributed by atoms with Crippen LogP contribution in [0, 0.1) is 20.8 Å². The standard InChI is InChI=1S/C40H45Cl4N3O5/c1-24-8-6-7-9-28(24)23-46(29-12-13-29)37(48)36-32(20-30-21-45-22-34(36)47(30)38(49)52-39(4,5)40(42,43)44)27-10-14-31(15-11-27)50-16-17-51-35-19-26(3)25(2)18-33(35)41/h6-11,14-15,18-19,29-30,34,45H,12-13,16-17,20-23H2,1-5H3/t30?,34-/m1/s1. The first kappa shape index (κ1) is 38.6. The monoisotopic (exact) mass is 787 g/mol. The highest BCUT2D eigenvalue weighted by Gasteiger charge is 2.50. The number of alkyl halides is 3. The van der Waals surface area contributed by atoms with Gasteiger partial charge in [0, 0.05) is 31.2 Å². The van der Waals surface area contributed by atoms with Gasteiger partial charge in [0.1, 0.15) is 24.7 Å². The van der Waals surface area contributed by atoms with Crippen LogP contribution in [0.25, 0.3) is 5.57 Å². The van der Waals surface area contributed by atoms with E-state index in [1.165, 1.54) is 0 Å². The summed E-state index contributed by atoms with van der Waals surface area (Å²) in [5.41, 5.74) is 5.37. The zero-order chi connectivity index (χ0) is 37.4. The van der Waals surface area contributed by atoms with E-state index in [1.807, 2.05) is 67.3 Å². The molecule has 2 fully saturated rings. The summed E-state index contributed by atoms with van der Waals surface area (Å²) in [5, 5.41) is 4.02. The van der Waals surface area contributed by atoms with Gasteiger partial charge in [-0.05, 0) is 112 Å². The molecule has 2 bridgehead atoms. The molecule has 0 radical (unpaired) electrons. The maximum Gasteiger partial charge on any atom is 0.411 e. The number of hydrogen-bond acceptors (Lipinski definition) is 6. The summed E-state index contributed by atoms with van der Waals surface area (Å²) in [4.78, 5) is 32.6. The first-order valence-electron chi connectivity index (χ1n) is 17.6. The van der Waals surface area contributed by atoms with E-state index in [0.717, 1.165) is 46.2 Å². The Hall–Kier alpha value is -3.14. The number of aryl methyl sites for hydroxylation is 3. The number of hydrogen-bond donors (Lipinski definition) is 1. The Labute approximate surface area is 326 Å². The third-order valence-corrected chi connectivity index (χ3v) is 11.9. The average Bonchev–Trinajstić information content (AvgIpc) is 3.93. The largest absolute Gasteiger partial charge is 0.490 e. The van der Waals surface area contributed by atoms with Gasteiger partial charge in [-0.25, -0.2) is 4.79 Å². The highest BCUT2D eigenvalue weighted by molar-refractivity contribution is 6.68. The summed E-state index contributed by atoms with van der Waals surface area (Å²) in [7, 11) is 0. The second-order valence-corrected chi connectivity index (χ2v) is 17.1. The fraction of sp³-hybridized carbons (Fsp3) is 0.450. The van der Waals surface area contributed by atoms with Crippen LogP contribution in [-0.4, -0.2) is 75.6 Å². The first-order chi connectivity index (χ1) is 24.6. The maximum atomic E-state index is 15.0. The number of rotatable bonds is 11. The highest BCUT2D eigenvalue weighted by Crippen LogP contribution is 2.44. The van der Waals surface area contributed by atoms with Crippen LogP contribution >= 0.6 is 46.4 Å². The molecule has 1 aliphatic carbocycles. The van der Waals surface area contributed by atoms with E-state index in [-0.39, 0.29) is 18.0 Å². The summed E-state index contributed by atoms with van der Waals surface area (Å²) in [6.45, 7) is 11.2. The third kappa shape index (κ3) is 8.47. The summed E-state index contributed by atoms with van der Waals surface area (Å²) in [5.74, 6) is 1.21. The van der Waals surface area contributed by atoms with Crippen molar-refractivity contribution in [3.63, 3.8) is 0 Å². The zero-order valence-electron chi connectivity index (χ0n) is 30.1. The third-order valence-electron chi connectivity index (χ3n) is 10.2. The van der Waals surface area contributed by atoms with Crippen molar-refractivity contribution in [3.8, 4) is 11.5 Å². The summed E-state index contributed by atoms with van der Waals surface area (Å²) >= 11 is 25.0. The van der Waals surface area contributed by atoms with Crippen molar-refractivity contribution in [2.45, 2.75) is 87.9 Å². The Bertz CT molecular complexity index is 1840. The van der Waals surface area contributed by atoms with Crippen LogP contribution in [0.3, 0.4) is 0 Å². The van der Waals surface area contributed by atoms with Gasteiger partial charge in [0.05, 0.1) is 17.1 Å². The smallest absolute Gasteiger partial charge is 0.411 e. The van der Waals surface area contributed by atoms with Crippen LogP contribution < -0.4 is 14.8 Å². The van der Waals surface area contributed by atoms with Gasteiger partial charge in [-0.2, -0.15) is 0 Å². The Morgan fingerprint density at radius 1 is 0.904 bits per heavy atom. The number of benzene rings is 3. The van der Waals surface area contributed by atoms with Gasteiger partial charge in [-0.15, -0.1) is 0 Å². The lowest BCUT2D eigenvalue weighted by atomic mass is 9.82. The molecule has 12 heteroatoms. The summed E-state index contributed by atoms with van der Waals surface area (Å²) in [6.07, 6.45) is 1.67. The molecule has 278 valence electrons. The minimum absolute atomic E-state index is 0.0891. The predicted octanol–water partition coefficient (Wildman–Crippen LogP) is 9.00. The van der Waals surface area contributed by atoms with Crippen molar-refractivity contribution in [2.75, 3.05) is 26.3 Å². The van der Waals surface area contributed by atoms with Gasteiger partial charge in [-0.3, -0.25) is 9.69 Å². The molecule has 0 aromatic heterocycles. The van der Waals surface area contributed by atoms with E-state index >= 15 is 0 Å². The van der Waals surface area contributed by atoms with Crippen molar-refractivity contribution in [1.29, 1.82) is 0 Å². The molecule has 1 saturated carbocycles. The van der Waals surface area contributed by atoms with Crippen LogP contribution in [0.15, 0.2) is 66.2 Å². The van der Waals surface area contributed by atoms with Gasteiger partial charge in [0.15, 0.2) is 5.60 Å². The molecule has 52 heavy (non-hydrogen) atoms. The number of nitrogens with zero attached hydrogens (tertiary/aromatic N) is 2. The maximum absolute atomic E-state index is 15.0. The van der Waals surface area contributed by atoms with Gasteiger partial charge < -0.3 is 24.4 Å². The van der Waals surface area contributed by atoms with E-state index in [0.29, 0.717) is 61.4 Å². The highest BCUT2D eigenvalue weighted by atomic mass is 35.6. The molecule has 2 aliphatic heterocycles. The molecule has 1 N–H and O–H groups in total. The molecule has 2 atom stereocenters. The number of fused-ring (bicyclic) bond motifs is 2. The summed E-state index contributed by atoms with van der Waals surface area (Å²) < 4.78 is 15.9. The molecular weight excluding hydrogens is 744 g/mol. The van der Waals surface area contributed by atoms with Crippen LogP contribution in [0.4, 0.5) is 4.79 Å². The Morgan fingerprint density at radius 3 is 2.25 bits per heavy atom. The fourth-order valence-electron chi connectivity index (χ4n) is 6.75. The lowest BCUT2D eigenvalue weighted by molar-refractivity contribution is -0.129. The van der Waals surface area contributed by atoms with E-state index in [4.69, 9.17) is 60.6 Å². The topological polar surface area (TPSA) is 80.3 Å². The van der Waals surface area contributed by atoms with E-state index in [9.17, 15) is 9.59 Å². The molecule has 1 saturated heterocycles. The molecule has 3 aromatic rings. The Morgan fingerprint density at radius 2 is 1.58 bits per heavy atom. The number of carbonyl (C=O) groups excluding carboxylic acids is 2. The number of halogens is 4. The Kier molecular flexibility index (Phi) is 11.6. The van der Waals surface area contributed by atoms with Gasteiger partial charge >= 0.3 is 6.09 Å². The van der Waals surface area contributed by atoms with Crippen LogP contribution in [0.2, 0.25) is 5.02 Å². The molecule has 2 amide bonds. The van der Waals surface area contributed by atoms with E-state index < -0.39 is 21.5 Å². The molecule has 8 nitrogen and oxygen atoms in total. The van der Waals surface area contributed by atoms with Crippen molar-refractivity contribution in [1.82, 2.24) is 15.1 Å². The second-order valence-electron chi connectivity index (χ2n) is 14.4. The molecule has 2 heterocycles. The number of carbonyl (C=O) groups is 2. The van der Waals surface area contributed by atoms with Crippen molar-refractivity contribution >= 4 is 64.0 Å². The zero-order valence-corrected chi connectivity index (χ0v) is 33.1. The Balaban J connectivity index is 1.29. The number of ether oxygens (including phenoxy) is 3. The van der Waals surface area contributed by atoms with E-state index in [2.05, 4.69) is 24.4 Å². The first-order valence-corrected chi connectivity index (χ1v) is 19.2. The fourth-order valence-corrected chi connectivity index (χ4v) is 7.14. The van der Waals surface area contributed by atoms with Gasteiger partial charge in [0.25, 0.3) is 5.91 Å². The van der Waals surface area contributed by atoms with Crippen molar-refractivity contribution in [2.24, 2.45) is 0 Å². The minimum atomic E-state index is -1.86.